The second-order valence-electron chi connectivity index (χ2n) is 4.93. The highest BCUT2D eigenvalue weighted by Crippen LogP contribution is 2.40. The summed E-state index contributed by atoms with van der Waals surface area (Å²) in [5.41, 5.74) is 0.321. The van der Waals surface area contributed by atoms with Crippen molar-refractivity contribution >= 4 is 16.8 Å². The number of piperidine rings is 1. The van der Waals surface area contributed by atoms with Gasteiger partial charge in [-0.1, -0.05) is 11.6 Å². The molecule has 0 aromatic rings. The van der Waals surface area contributed by atoms with Gasteiger partial charge >= 0.3 is 0 Å². The average Bonchev–Trinajstić information content (AvgIpc) is 2.50. The van der Waals surface area contributed by atoms with Crippen molar-refractivity contribution in [1.82, 2.24) is 9.80 Å². The van der Waals surface area contributed by atoms with E-state index in [1.54, 1.807) is 0 Å². The molecule has 3 aliphatic heterocycles. The lowest BCUT2D eigenvalue weighted by molar-refractivity contribution is 0.142. The second-order valence-corrected chi connectivity index (χ2v) is 5.32. The lowest BCUT2D eigenvalue weighted by atomic mass is 9.90. The molecule has 3 aliphatic rings. The third-order valence-electron chi connectivity index (χ3n) is 3.77. The summed E-state index contributed by atoms with van der Waals surface area (Å²) < 4.78 is 0. The molecule has 0 N–H and O–H groups in total. The highest BCUT2D eigenvalue weighted by atomic mass is 35.5. The largest absolute Gasteiger partial charge is 0.351 e. The summed E-state index contributed by atoms with van der Waals surface area (Å²) in [5, 5.41) is 0.649. The smallest absolute Gasteiger partial charge is 0.129 e. The first-order valence-corrected chi connectivity index (χ1v) is 6.01. The molecule has 0 aliphatic carbocycles. The van der Waals surface area contributed by atoms with Gasteiger partial charge in [0.05, 0.1) is 5.54 Å². The Morgan fingerprint density at radius 1 is 1.47 bits per heavy atom. The summed E-state index contributed by atoms with van der Waals surface area (Å²) in [6.07, 6.45) is 5.96. The monoisotopic (exact) mass is 225 g/mol. The van der Waals surface area contributed by atoms with E-state index >= 15 is 0 Å². The molecular formula is C11H16ClN3. The maximum Gasteiger partial charge on any atom is 0.129 e. The molecule has 0 saturated carbocycles. The fourth-order valence-electron chi connectivity index (χ4n) is 3.00. The van der Waals surface area contributed by atoms with E-state index in [-0.39, 0.29) is 0 Å². The van der Waals surface area contributed by atoms with E-state index in [1.165, 1.54) is 31.6 Å². The first-order chi connectivity index (χ1) is 7.19. The van der Waals surface area contributed by atoms with E-state index in [2.05, 4.69) is 21.7 Å². The predicted octanol–water partition coefficient (Wildman–Crippen LogP) is 2.00. The Kier molecular flexibility index (Phi) is 2.00. The van der Waals surface area contributed by atoms with Crippen molar-refractivity contribution in [2.45, 2.75) is 31.7 Å². The van der Waals surface area contributed by atoms with Crippen molar-refractivity contribution in [1.29, 1.82) is 0 Å². The molecule has 0 aromatic heterocycles. The summed E-state index contributed by atoms with van der Waals surface area (Å²) in [6, 6.07) is 0. The fraction of sp³-hybridized carbons (Fsp3) is 0.727. The van der Waals surface area contributed by atoms with Crippen molar-refractivity contribution in [2.75, 3.05) is 19.8 Å². The van der Waals surface area contributed by atoms with Crippen molar-refractivity contribution in [3.05, 3.63) is 11.9 Å². The van der Waals surface area contributed by atoms with E-state index in [0.717, 1.165) is 13.2 Å². The number of halogens is 1. The van der Waals surface area contributed by atoms with E-state index in [4.69, 9.17) is 11.6 Å². The quantitative estimate of drug-likeness (QED) is 0.628. The number of allylic oxidation sites excluding steroid dienone is 1. The first kappa shape index (κ1) is 9.52. The molecule has 3 rings (SSSR count). The molecule has 1 atom stereocenters. The Balaban J connectivity index is 1.96. The van der Waals surface area contributed by atoms with Gasteiger partial charge in [-0.15, -0.1) is 0 Å². The number of rotatable bonds is 0. The Hall–Kier alpha value is -0.700. The maximum absolute atomic E-state index is 5.98. The molecule has 82 valence electrons. The van der Waals surface area contributed by atoms with Crippen LogP contribution in [0.25, 0.3) is 0 Å². The first-order valence-electron chi connectivity index (χ1n) is 5.63. The standard InChI is InChI=1S/C11H16ClN3/c1-11-4-2-3-5-15(11)10-6-9(12)13-8-14(10)7-11/h6H,2-5,7-8H2,1H3. The molecule has 0 aromatic carbocycles. The Bertz CT molecular complexity index is 350. The maximum atomic E-state index is 5.98. The zero-order valence-electron chi connectivity index (χ0n) is 9.04. The fourth-order valence-corrected chi connectivity index (χ4v) is 3.15. The van der Waals surface area contributed by atoms with Crippen LogP contribution in [0.3, 0.4) is 0 Å². The summed E-state index contributed by atoms with van der Waals surface area (Å²) >= 11 is 5.98. The summed E-state index contributed by atoms with van der Waals surface area (Å²) in [7, 11) is 0. The number of hydrogen-bond donors (Lipinski definition) is 0. The average molecular weight is 226 g/mol. The molecule has 15 heavy (non-hydrogen) atoms. The molecule has 4 heteroatoms. The molecule has 0 amide bonds. The van der Waals surface area contributed by atoms with Gasteiger partial charge in [-0.25, -0.2) is 0 Å². The van der Waals surface area contributed by atoms with E-state index < -0.39 is 0 Å². The molecule has 0 spiro atoms. The zero-order valence-corrected chi connectivity index (χ0v) is 9.80. The summed E-state index contributed by atoms with van der Waals surface area (Å²) in [6.45, 7) is 5.37. The van der Waals surface area contributed by atoms with Gasteiger partial charge in [-0.3, -0.25) is 4.99 Å². The van der Waals surface area contributed by atoms with Crippen molar-refractivity contribution in [3.63, 3.8) is 0 Å². The van der Waals surface area contributed by atoms with E-state index in [9.17, 15) is 0 Å². The number of fused-ring (bicyclic) bond motifs is 3. The summed E-state index contributed by atoms with van der Waals surface area (Å²) in [4.78, 5) is 9.13. The van der Waals surface area contributed by atoms with Crippen LogP contribution < -0.4 is 0 Å². The van der Waals surface area contributed by atoms with Crippen molar-refractivity contribution < 1.29 is 0 Å². The van der Waals surface area contributed by atoms with Crippen LogP contribution in [0.5, 0.6) is 0 Å². The molecule has 3 heterocycles. The lowest BCUT2D eigenvalue weighted by Gasteiger charge is -2.39. The van der Waals surface area contributed by atoms with Crippen LogP contribution in [0.2, 0.25) is 0 Å². The normalized spacial score (nSPS) is 34.5. The zero-order chi connectivity index (χ0) is 10.5. The van der Waals surface area contributed by atoms with Crippen molar-refractivity contribution in [2.24, 2.45) is 4.99 Å². The van der Waals surface area contributed by atoms with E-state index in [0.29, 0.717) is 10.7 Å². The minimum absolute atomic E-state index is 0.321. The predicted molar refractivity (Wildman–Crippen MR) is 61.9 cm³/mol. The third kappa shape index (κ3) is 1.36. The Labute approximate surface area is 95.4 Å². The number of nitrogens with zero attached hydrogens (tertiary/aromatic N) is 3. The number of hydrogen-bond acceptors (Lipinski definition) is 3. The van der Waals surface area contributed by atoms with Crippen LogP contribution in [-0.4, -0.2) is 40.3 Å². The molecule has 0 bridgehead atoms. The van der Waals surface area contributed by atoms with Crippen LogP contribution in [0, 0.1) is 0 Å². The topological polar surface area (TPSA) is 18.8 Å². The van der Waals surface area contributed by atoms with Gasteiger partial charge in [-0.2, -0.15) is 0 Å². The van der Waals surface area contributed by atoms with E-state index in [1.807, 2.05) is 6.08 Å². The minimum Gasteiger partial charge on any atom is -0.351 e. The molecule has 0 radical (unpaired) electrons. The lowest BCUT2D eigenvalue weighted by Crippen LogP contribution is -2.45. The van der Waals surface area contributed by atoms with Gasteiger partial charge in [0.1, 0.15) is 17.7 Å². The van der Waals surface area contributed by atoms with Gasteiger partial charge in [-0.05, 0) is 26.2 Å². The Morgan fingerprint density at radius 2 is 2.33 bits per heavy atom. The van der Waals surface area contributed by atoms with Gasteiger partial charge in [0.2, 0.25) is 0 Å². The second kappa shape index (κ2) is 3.14. The van der Waals surface area contributed by atoms with Crippen LogP contribution in [0.15, 0.2) is 16.9 Å². The Morgan fingerprint density at radius 3 is 3.20 bits per heavy atom. The van der Waals surface area contributed by atoms with Crippen LogP contribution in [-0.2, 0) is 0 Å². The minimum atomic E-state index is 0.321. The highest BCUT2D eigenvalue weighted by Gasteiger charge is 2.45. The van der Waals surface area contributed by atoms with Gasteiger partial charge in [0, 0.05) is 19.2 Å². The molecule has 2 saturated heterocycles. The van der Waals surface area contributed by atoms with Gasteiger partial charge < -0.3 is 9.80 Å². The van der Waals surface area contributed by atoms with Gasteiger partial charge in [0.25, 0.3) is 0 Å². The number of aliphatic imine (C=N–C) groups is 1. The van der Waals surface area contributed by atoms with Crippen LogP contribution in [0.4, 0.5) is 0 Å². The summed E-state index contributed by atoms with van der Waals surface area (Å²) in [5.74, 6) is 1.29. The van der Waals surface area contributed by atoms with Crippen LogP contribution in [0.1, 0.15) is 26.2 Å². The molecule has 2 fully saturated rings. The highest BCUT2D eigenvalue weighted by molar-refractivity contribution is 6.68. The van der Waals surface area contributed by atoms with Crippen LogP contribution >= 0.6 is 11.6 Å². The SMILES string of the molecule is CC12CCCCN1C1=CC(Cl)=NCN1C2. The van der Waals surface area contributed by atoms with Gasteiger partial charge in [0.15, 0.2) is 0 Å². The molecular weight excluding hydrogens is 210 g/mol. The molecule has 1 unspecified atom stereocenters. The molecule has 3 nitrogen and oxygen atoms in total. The third-order valence-corrected chi connectivity index (χ3v) is 4.00. The van der Waals surface area contributed by atoms with Crippen molar-refractivity contribution in [3.8, 4) is 0 Å².